The first-order valence-corrected chi connectivity index (χ1v) is 10.2. The van der Waals surface area contributed by atoms with E-state index in [1.165, 1.54) is 0 Å². The maximum Gasteiger partial charge on any atom is 2.00 e. The van der Waals surface area contributed by atoms with Crippen LogP contribution < -0.4 is 22.9 Å². The van der Waals surface area contributed by atoms with E-state index in [1.807, 2.05) is 19.6 Å². The van der Waals surface area contributed by atoms with Crippen LogP contribution in [0.4, 0.5) is 0 Å². The molecule has 12 nitrogen and oxygen atoms in total. The summed E-state index contributed by atoms with van der Waals surface area (Å²) in [5.74, 6) is -1.69. The predicted molar refractivity (Wildman–Crippen MR) is 112 cm³/mol. The summed E-state index contributed by atoms with van der Waals surface area (Å²) in [4.78, 5) is 53.4. The minimum atomic E-state index is -0.423. The van der Waals surface area contributed by atoms with Gasteiger partial charge in [-0.2, -0.15) is 0 Å². The molecule has 31 heavy (non-hydrogen) atoms. The van der Waals surface area contributed by atoms with E-state index in [1.54, 1.807) is 0 Å². The molecule has 0 aliphatic carbocycles. The second-order valence-electron chi connectivity index (χ2n) is 7.68. The normalized spacial score (nSPS) is 19.1. The minimum absolute atomic E-state index is 0. The monoisotopic (exact) mass is 487 g/mol. The Balaban J connectivity index is 0.00000900. The summed E-state index contributed by atoms with van der Waals surface area (Å²) in [7, 11) is 0. The van der Waals surface area contributed by atoms with Gasteiger partial charge in [-0.25, -0.2) is 0 Å². The number of rotatable bonds is 8. The Morgan fingerprint density at radius 2 is 0.645 bits per heavy atom. The molecule has 1 saturated heterocycles. The molecule has 1 heterocycles. The summed E-state index contributed by atoms with van der Waals surface area (Å²) in [5.41, 5.74) is 21.5. The van der Waals surface area contributed by atoms with E-state index in [0.717, 1.165) is 0 Å². The first kappa shape index (κ1) is 29.2. The van der Waals surface area contributed by atoms with Gasteiger partial charge in [0.05, 0.1) is 26.2 Å². The number of nitrogens with two attached hydrogens (primary N) is 4. The Labute approximate surface area is 193 Å². The smallest absolute Gasteiger partial charge is 0.369 e. The zero-order valence-corrected chi connectivity index (χ0v) is 19.0. The van der Waals surface area contributed by atoms with Crippen molar-refractivity contribution in [1.29, 1.82) is 0 Å². The van der Waals surface area contributed by atoms with Gasteiger partial charge in [0.15, 0.2) is 0 Å². The molecule has 0 spiro atoms. The molecular formula is C18H36CoN8O4+2. The molecule has 0 aromatic heterocycles. The van der Waals surface area contributed by atoms with Crippen molar-refractivity contribution in [3.63, 3.8) is 0 Å². The van der Waals surface area contributed by atoms with Crippen LogP contribution in [0.15, 0.2) is 0 Å². The van der Waals surface area contributed by atoms with Crippen molar-refractivity contribution in [2.75, 3.05) is 78.5 Å². The van der Waals surface area contributed by atoms with Crippen molar-refractivity contribution in [3.05, 3.63) is 0 Å². The van der Waals surface area contributed by atoms with Crippen LogP contribution in [0, 0.1) is 0 Å². The molecule has 0 aromatic rings. The molecule has 1 aliphatic heterocycles. The zero-order chi connectivity index (χ0) is 22.5. The third-order valence-electron chi connectivity index (χ3n) is 4.88. The molecule has 13 heteroatoms. The summed E-state index contributed by atoms with van der Waals surface area (Å²) >= 11 is 0. The van der Waals surface area contributed by atoms with Gasteiger partial charge in [-0.05, 0) is 39.0 Å². The summed E-state index contributed by atoms with van der Waals surface area (Å²) in [5, 5.41) is 0. The van der Waals surface area contributed by atoms with Crippen molar-refractivity contribution in [3.8, 4) is 0 Å². The number of hydrogen-bond acceptors (Lipinski definition) is 8. The number of primary amides is 4. The average Bonchev–Trinajstić information content (AvgIpc) is 2.60. The second-order valence-corrected chi connectivity index (χ2v) is 7.68. The SMILES string of the molecule is NC(=O)CN1CCCN(CC(N)=O)CCN(CC(N)=O)CCCN(CC(N)=O)CC1.[Co+2]. The van der Waals surface area contributed by atoms with E-state index in [9.17, 15) is 19.2 Å². The predicted octanol–water partition coefficient (Wildman–Crippen LogP) is -4.07. The number of carbonyl (C=O) groups excluding carboxylic acids is 4. The van der Waals surface area contributed by atoms with Crippen LogP contribution in [0.3, 0.4) is 0 Å². The number of hydrogen-bond donors (Lipinski definition) is 4. The summed E-state index contributed by atoms with van der Waals surface area (Å²) in [6.07, 6.45) is 1.40. The molecule has 1 rings (SSSR count). The Kier molecular flexibility index (Phi) is 15.0. The fraction of sp³-hybridized carbons (Fsp3) is 0.778. The van der Waals surface area contributed by atoms with Gasteiger partial charge in [-0.3, -0.25) is 38.8 Å². The van der Waals surface area contributed by atoms with Crippen LogP contribution in [-0.2, 0) is 36.0 Å². The largest absolute Gasteiger partial charge is 2.00 e. The quantitative estimate of drug-likeness (QED) is 0.266. The number of nitrogens with zero attached hydrogens (tertiary/aromatic N) is 4. The Hall–Kier alpha value is -1.77. The van der Waals surface area contributed by atoms with Gasteiger partial charge in [-0.15, -0.1) is 0 Å². The molecular weight excluding hydrogens is 451 g/mol. The molecule has 179 valence electrons. The maximum absolute atomic E-state index is 11.4. The first-order chi connectivity index (χ1) is 14.2. The van der Waals surface area contributed by atoms with Crippen molar-refractivity contribution < 1.29 is 36.0 Å². The van der Waals surface area contributed by atoms with E-state index in [-0.39, 0.29) is 43.0 Å². The molecule has 0 atom stereocenters. The van der Waals surface area contributed by atoms with Gasteiger partial charge < -0.3 is 22.9 Å². The molecule has 0 saturated carbocycles. The summed E-state index contributed by atoms with van der Waals surface area (Å²) in [6, 6.07) is 0. The number of carbonyl (C=O) groups is 4. The summed E-state index contributed by atoms with van der Waals surface area (Å²) < 4.78 is 0. The van der Waals surface area contributed by atoms with E-state index < -0.39 is 23.6 Å². The van der Waals surface area contributed by atoms with Gasteiger partial charge >= 0.3 is 16.8 Å². The topological polar surface area (TPSA) is 185 Å². The molecule has 1 aliphatic rings. The van der Waals surface area contributed by atoms with Gasteiger partial charge in [0.25, 0.3) is 0 Å². The maximum atomic E-state index is 11.4. The molecule has 1 fully saturated rings. The molecule has 1 radical (unpaired) electrons. The third kappa shape index (κ3) is 14.8. The average molecular weight is 487 g/mol. The van der Waals surface area contributed by atoms with Gasteiger partial charge in [0.1, 0.15) is 0 Å². The first-order valence-electron chi connectivity index (χ1n) is 10.2. The Morgan fingerprint density at radius 3 is 0.806 bits per heavy atom. The van der Waals surface area contributed by atoms with Gasteiger partial charge in [0.2, 0.25) is 23.6 Å². The van der Waals surface area contributed by atoms with Crippen LogP contribution in [0.5, 0.6) is 0 Å². The van der Waals surface area contributed by atoms with Crippen LogP contribution in [0.25, 0.3) is 0 Å². The second kappa shape index (κ2) is 15.9. The van der Waals surface area contributed by atoms with Crippen molar-refractivity contribution in [2.45, 2.75) is 12.8 Å². The van der Waals surface area contributed by atoms with Crippen LogP contribution >= 0.6 is 0 Å². The van der Waals surface area contributed by atoms with Gasteiger partial charge in [-0.1, -0.05) is 0 Å². The number of amides is 4. The molecule has 0 aromatic carbocycles. The van der Waals surface area contributed by atoms with E-state index in [4.69, 9.17) is 22.9 Å². The molecule has 0 unspecified atom stereocenters. The van der Waals surface area contributed by atoms with Crippen molar-refractivity contribution in [1.82, 2.24) is 19.6 Å². The van der Waals surface area contributed by atoms with Crippen LogP contribution in [-0.4, -0.2) is 122 Å². The van der Waals surface area contributed by atoms with Gasteiger partial charge in [0, 0.05) is 26.2 Å². The van der Waals surface area contributed by atoms with Crippen LogP contribution in [0.1, 0.15) is 12.8 Å². The molecule has 0 bridgehead atoms. The summed E-state index contributed by atoms with van der Waals surface area (Å²) in [6.45, 7) is 5.10. The van der Waals surface area contributed by atoms with Crippen LogP contribution in [0.2, 0.25) is 0 Å². The van der Waals surface area contributed by atoms with E-state index in [2.05, 4.69) is 0 Å². The zero-order valence-electron chi connectivity index (χ0n) is 18.0. The Morgan fingerprint density at radius 1 is 0.452 bits per heavy atom. The van der Waals surface area contributed by atoms with Crippen molar-refractivity contribution in [2.24, 2.45) is 22.9 Å². The fourth-order valence-electron chi connectivity index (χ4n) is 3.56. The fourth-order valence-corrected chi connectivity index (χ4v) is 3.56. The third-order valence-corrected chi connectivity index (χ3v) is 4.88. The molecule has 4 amide bonds. The van der Waals surface area contributed by atoms with Crippen molar-refractivity contribution >= 4 is 23.6 Å². The minimum Gasteiger partial charge on any atom is -0.369 e. The Bertz CT molecular complexity index is 497. The van der Waals surface area contributed by atoms with E-state index in [0.29, 0.717) is 65.2 Å². The standard InChI is InChI=1S/C18H36N8O4.Co/c19-15(27)11-23-3-1-4-24(12-16(20)28)8-10-26(14-18(22)30)6-2-5-25(9-7-23)13-17(21)29;/h1-14H2,(H2,19,27)(H2,20,28)(H2,21,29)(H2,22,30);/q;+2. The molecule has 8 N–H and O–H groups in total. The van der Waals surface area contributed by atoms with E-state index >= 15 is 0 Å².